The molecular formula is C18H16N4O3. The van der Waals surface area contributed by atoms with Crippen molar-refractivity contribution in [1.82, 2.24) is 20.3 Å². The minimum absolute atomic E-state index is 0.0391. The Balaban J connectivity index is 1.79. The lowest BCUT2D eigenvalue weighted by Gasteiger charge is -1.98. The summed E-state index contributed by atoms with van der Waals surface area (Å²) in [4.78, 5) is 34.3. The Morgan fingerprint density at radius 3 is 2.68 bits per heavy atom. The SMILES string of the molecule is CNC(=O)c1cnc(C=Cc2coc(-c3ccc(C)cc3)n2)[nH]c1=O. The average Bonchev–Trinajstić information content (AvgIpc) is 3.09. The summed E-state index contributed by atoms with van der Waals surface area (Å²) in [6, 6.07) is 7.84. The summed E-state index contributed by atoms with van der Waals surface area (Å²) in [6.07, 6.45) is 6.01. The number of hydrogen-bond acceptors (Lipinski definition) is 5. The zero-order valence-corrected chi connectivity index (χ0v) is 13.7. The van der Waals surface area contributed by atoms with Gasteiger partial charge in [0.15, 0.2) is 0 Å². The van der Waals surface area contributed by atoms with E-state index < -0.39 is 11.5 Å². The standard InChI is InChI=1S/C18H16N4O3/c1-11-3-5-12(6-4-11)18-21-13(10-25-18)7-8-15-20-9-14(16(23)19-2)17(24)22-15/h3-10H,1-2H3,(H,19,23)(H,20,22,24). The molecule has 0 aliphatic carbocycles. The van der Waals surface area contributed by atoms with E-state index in [2.05, 4.69) is 20.3 Å². The predicted molar refractivity (Wildman–Crippen MR) is 93.9 cm³/mol. The Morgan fingerprint density at radius 1 is 1.24 bits per heavy atom. The minimum Gasteiger partial charge on any atom is -0.444 e. The molecule has 3 rings (SSSR count). The quantitative estimate of drug-likeness (QED) is 0.761. The minimum atomic E-state index is -0.505. The van der Waals surface area contributed by atoms with Crippen molar-refractivity contribution in [2.45, 2.75) is 6.92 Å². The van der Waals surface area contributed by atoms with Gasteiger partial charge in [0.1, 0.15) is 23.3 Å². The number of carbonyl (C=O) groups excluding carboxylic acids is 1. The number of nitrogens with zero attached hydrogens (tertiary/aromatic N) is 2. The molecule has 1 amide bonds. The van der Waals surface area contributed by atoms with Gasteiger partial charge in [0.25, 0.3) is 11.5 Å². The Hall–Kier alpha value is -3.48. The number of H-pyrrole nitrogens is 1. The second-order valence-corrected chi connectivity index (χ2v) is 5.37. The zero-order valence-electron chi connectivity index (χ0n) is 13.7. The van der Waals surface area contributed by atoms with Crippen molar-refractivity contribution in [3.05, 3.63) is 69.7 Å². The molecule has 0 bridgehead atoms. The first-order valence-electron chi connectivity index (χ1n) is 7.59. The van der Waals surface area contributed by atoms with Crippen LogP contribution in [-0.4, -0.2) is 27.9 Å². The van der Waals surface area contributed by atoms with Crippen LogP contribution in [-0.2, 0) is 0 Å². The Labute approximate surface area is 143 Å². The highest BCUT2D eigenvalue weighted by atomic mass is 16.3. The zero-order chi connectivity index (χ0) is 17.8. The largest absolute Gasteiger partial charge is 0.444 e. The molecule has 2 heterocycles. The van der Waals surface area contributed by atoms with Crippen LogP contribution >= 0.6 is 0 Å². The van der Waals surface area contributed by atoms with Gasteiger partial charge in [0, 0.05) is 18.8 Å². The van der Waals surface area contributed by atoms with Gasteiger partial charge in [-0.15, -0.1) is 0 Å². The molecule has 0 spiro atoms. The Kier molecular flexibility index (Phi) is 4.56. The van der Waals surface area contributed by atoms with E-state index in [0.717, 1.165) is 11.1 Å². The van der Waals surface area contributed by atoms with Gasteiger partial charge in [-0.2, -0.15) is 0 Å². The van der Waals surface area contributed by atoms with Crippen molar-refractivity contribution in [1.29, 1.82) is 0 Å². The van der Waals surface area contributed by atoms with E-state index >= 15 is 0 Å². The van der Waals surface area contributed by atoms with Crippen molar-refractivity contribution in [2.75, 3.05) is 7.05 Å². The van der Waals surface area contributed by atoms with Gasteiger partial charge >= 0.3 is 0 Å². The predicted octanol–water partition coefficient (Wildman–Crippen LogP) is 2.26. The Morgan fingerprint density at radius 2 is 2.00 bits per heavy atom. The van der Waals surface area contributed by atoms with Crippen LogP contribution in [0.15, 0.2) is 45.9 Å². The summed E-state index contributed by atoms with van der Waals surface area (Å²) >= 11 is 0. The van der Waals surface area contributed by atoms with Crippen LogP contribution in [0.4, 0.5) is 0 Å². The summed E-state index contributed by atoms with van der Waals surface area (Å²) in [7, 11) is 1.45. The summed E-state index contributed by atoms with van der Waals surface area (Å²) in [6.45, 7) is 2.01. The van der Waals surface area contributed by atoms with Crippen LogP contribution in [0.1, 0.15) is 27.4 Å². The second-order valence-electron chi connectivity index (χ2n) is 5.37. The molecule has 0 radical (unpaired) electrons. The van der Waals surface area contributed by atoms with E-state index in [1.807, 2.05) is 31.2 Å². The number of aryl methyl sites for hydroxylation is 1. The third-order valence-corrected chi connectivity index (χ3v) is 3.52. The molecule has 7 nitrogen and oxygen atoms in total. The van der Waals surface area contributed by atoms with Crippen molar-refractivity contribution < 1.29 is 9.21 Å². The molecule has 0 saturated heterocycles. The number of benzene rings is 1. The van der Waals surface area contributed by atoms with E-state index in [1.54, 1.807) is 12.2 Å². The first-order valence-corrected chi connectivity index (χ1v) is 7.59. The van der Waals surface area contributed by atoms with Crippen molar-refractivity contribution in [3.63, 3.8) is 0 Å². The van der Waals surface area contributed by atoms with Gasteiger partial charge in [-0.25, -0.2) is 9.97 Å². The number of oxazole rings is 1. The van der Waals surface area contributed by atoms with Crippen LogP contribution in [0.3, 0.4) is 0 Å². The molecule has 0 aliphatic heterocycles. The fraction of sp³-hybridized carbons (Fsp3) is 0.111. The number of hydrogen-bond donors (Lipinski definition) is 2. The van der Waals surface area contributed by atoms with Crippen LogP contribution in [0.2, 0.25) is 0 Å². The van der Waals surface area contributed by atoms with Crippen molar-refractivity contribution >= 4 is 18.1 Å². The highest BCUT2D eigenvalue weighted by molar-refractivity contribution is 5.93. The summed E-state index contributed by atoms with van der Waals surface area (Å²) in [5.41, 5.74) is 2.09. The maximum atomic E-state index is 11.8. The van der Waals surface area contributed by atoms with E-state index in [9.17, 15) is 9.59 Å². The lowest BCUT2D eigenvalue weighted by Crippen LogP contribution is -2.27. The van der Waals surface area contributed by atoms with E-state index in [-0.39, 0.29) is 5.56 Å². The third kappa shape index (κ3) is 3.72. The van der Waals surface area contributed by atoms with Gasteiger partial charge in [-0.05, 0) is 31.2 Å². The third-order valence-electron chi connectivity index (χ3n) is 3.52. The topological polar surface area (TPSA) is 101 Å². The smallest absolute Gasteiger partial charge is 0.263 e. The first-order chi connectivity index (χ1) is 12.1. The first kappa shape index (κ1) is 16.4. The lowest BCUT2D eigenvalue weighted by atomic mass is 10.1. The van der Waals surface area contributed by atoms with Crippen molar-refractivity contribution in [2.24, 2.45) is 0 Å². The average molecular weight is 336 g/mol. The van der Waals surface area contributed by atoms with Gasteiger partial charge in [0.2, 0.25) is 5.89 Å². The van der Waals surface area contributed by atoms with Gasteiger partial charge in [-0.1, -0.05) is 17.7 Å². The van der Waals surface area contributed by atoms with Crippen molar-refractivity contribution in [3.8, 4) is 11.5 Å². The van der Waals surface area contributed by atoms with Crippen LogP contribution < -0.4 is 10.9 Å². The fourth-order valence-corrected chi connectivity index (χ4v) is 2.15. The van der Waals surface area contributed by atoms with Gasteiger partial charge in [0.05, 0.1) is 0 Å². The molecule has 1 aromatic carbocycles. The van der Waals surface area contributed by atoms with Crippen LogP contribution in [0, 0.1) is 6.92 Å². The second kappa shape index (κ2) is 6.96. The van der Waals surface area contributed by atoms with Gasteiger partial charge in [-0.3, -0.25) is 9.59 Å². The summed E-state index contributed by atoms with van der Waals surface area (Å²) in [5, 5.41) is 2.38. The molecule has 126 valence electrons. The fourth-order valence-electron chi connectivity index (χ4n) is 2.15. The molecule has 0 unspecified atom stereocenters. The highest BCUT2D eigenvalue weighted by Gasteiger charge is 2.09. The molecule has 7 heteroatoms. The molecule has 25 heavy (non-hydrogen) atoms. The van der Waals surface area contributed by atoms with Crippen LogP contribution in [0.5, 0.6) is 0 Å². The molecule has 2 aromatic heterocycles. The van der Waals surface area contributed by atoms with Crippen LogP contribution in [0.25, 0.3) is 23.6 Å². The number of rotatable bonds is 4. The Bertz CT molecular complexity index is 984. The monoisotopic (exact) mass is 336 g/mol. The normalized spacial score (nSPS) is 11.0. The lowest BCUT2D eigenvalue weighted by molar-refractivity contribution is 0.0961. The maximum absolute atomic E-state index is 11.8. The molecular weight excluding hydrogens is 320 g/mol. The molecule has 0 aliphatic rings. The number of aromatic nitrogens is 3. The molecule has 0 saturated carbocycles. The molecule has 2 N–H and O–H groups in total. The molecule has 0 atom stereocenters. The van der Waals surface area contributed by atoms with E-state index in [1.165, 1.54) is 19.5 Å². The van der Waals surface area contributed by atoms with E-state index in [0.29, 0.717) is 17.4 Å². The number of nitrogens with one attached hydrogen (secondary N) is 2. The summed E-state index contributed by atoms with van der Waals surface area (Å²) < 4.78 is 5.46. The van der Waals surface area contributed by atoms with E-state index in [4.69, 9.17) is 4.42 Å². The molecule has 0 fully saturated rings. The molecule has 3 aromatic rings. The number of aromatic amines is 1. The summed E-state index contributed by atoms with van der Waals surface area (Å²) in [5.74, 6) is 0.345. The number of carbonyl (C=O) groups is 1. The van der Waals surface area contributed by atoms with Gasteiger partial charge < -0.3 is 14.7 Å². The highest BCUT2D eigenvalue weighted by Crippen LogP contribution is 2.19. The number of amides is 1. The maximum Gasteiger partial charge on any atom is 0.263 e.